The third-order valence-electron chi connectivity index (χ3n) is 4.12. The van der Waals surface area contributed by atoms with Gasteiger partial charge in [0.25, 0.3) is 10.0 Å². The van der Waals surface area contributed by atoms with Gasteiger partial charge in [-0.3, -0.25) is 0 Å². The summed E-state index contributed by atoms with van der Waals surface area (Å²) < 4.78 is 33.4. The summed E-state index contributed by atoms with van der Waals surface area (Å²) >= 11 is 12.5. The van der Waals surface area contributed by atoms with Crippen molar-refractivity contribution in [2.24, 2.45) is 0 Å². The van der Waals surface area contributed by atoms with Gasteiger partial charge in [-0.05, 0) is 45.3 Å². The van der Waals surface area contributed by atoms with Crippen molar-refractivity contribution in [2.45, 2.75) is 11.8 Å². The minimum absolute atomic E-state index is 0.177. The molecule has 1 aromatic heterocycles. The van der Waals surface area contributed by atoms with Crippen LogP contribution < -0.4 is 4.74 Å². The van der Waals surface area contributed by atoms with Gasteiger partial charge in [-0.1, -0.05) is 40.9 Å². The first-order chi connectivity index (χ1) is 12.7. The van der Waals surface area contributed by atoms with E-state index in [2.05, 4.69) is 0 Å². The number of fused-ring (bicyclic) bond motifs is 1. The molecule has 8 heteroatoms. The zero-order valence-corrected chi connectivity index (χ0v) is 17.6. The van der Waals surface area contributed by atoms with E-state index in [0.717, 1.165) is 9.54 Å². The van der Waals surface area contributed by atoms with Crippen molar-refractivity contribution in [2.75, 3.05) is 27.2 Å². The van der Waals surface area contributed by atoms with Crippen LogP contribution in [0.3, 0.4) is 0 Å². The van der Waals surface area contributed by atoms with Gasteiger partial charge in [0.2, 0.25) is 0 Å². The molecule has 0 spiro atoms. The van der Waals surface area contributed by atoms with E-state index in [0.29, 0.717) is 34.8 Å². The molecule has 0 fully saturated rings. The lowest BCUT2D eigenvalue weighted by Crippen LogP contribution is -2.19. The third-order valence-corrected chi connectivity index (χ3v) is 6.30. The molecule has 1 heterocycles. The first-order valence-electron chi connectivity index (χ1n) is 8.30. The van der Waals surface area contributed by atoms with Crippen LogP contribution in [0.4, 0.5) is 0 Å². The van der Waals surface area contributed by atoms with Crippen LogP contribution >= 0.6 is 23.2 Å². The van der Waals surface area contributed by atoms with Gasteiger partial charge >= 0.3 is 0 Å². The number of aromatic nitrogens is 1. The van der Waals surface area contributed by atoms with Crippen molar-refractivity contribution < 1.29 is 13.2 Å². The monoisotopic (exact) mass is 426 g/mol. The second kappa shape index (κ2) is 7.72. The Bertz CT molecular complexity index is 1070. The van der Waals surface area contributed by atoms with Gasteiger partial charge in [-0.15, -0.1) is 0 Å². The summed E-state index contributed by atoms with van der Waals surface area (Å²) in [4.78, 5) is 2.15. The zero-order valence-electron chi connectivity index (χ0n) is 15.2. The quantitative estimate of drug-likeness (QED) is 0.584. The first-order valence-corrected chi connectivity index (χ1v) is 10.5. The van der Waals surface area contributed by atoms with Gasteiger partial charge in [0, 0.05) is 17.0 Å². The molecule has 0 saturated carbocycles. The summed E-state index contributed by atoms with van der Waals surface area (Å²) in [7, 11) is 0.0260. The fourth-order valence-corrected chi connectivity index (χ4v) is 4.70. The maximum atomic E-state index is 13.2. The second-order valence-electron chi connectivity index (χ2n) is 6.54. The summed E-state index contributed by atoms with van der Waals surface area (Å²) in [6.07, 6.45) is 1.46. The van der Waals surface area contributed by atoms with Crippen LogP contribution in [0.1, 0.15) is 5.56 Å². The van der Waals surface area contributed by atoms with Gasteiger partial charge in [0.15, 0.2) is 0 Å². The van der Waals surface area contributed by atoms with Crippen LogP contribution in [0.2, 0.25) is 10.0 Å². The van der Waals surface area contributed by atoms with E-state index in [-0.39, 0.29) is 9.92 Å². The molecule has 27 heavy (non-hydrogen) atoms. The van der Waals surface area contributed by atoms with Crippen molar-refractivity contribution in [1.29, 1.82) is 0 Å². The number of likely N-dealkylation sites (N-methyl/N-ethyl adjacent to an activating group) is 1. The number of halogens is 2. The van der Waals surface area contributed by atoms with Crippen LogP contribution in [0.5, 0.6) is 5.75 Å². The average molecular weight is 427 g/mol. The van der Waals surface area contributed by atoms with Crippen molar-refractivity contribution in [3.63, 3.8) is 0 Å². The number of hydrogen-bond acceptors (Lipinski definition) is 4. The topological polar surface area (TPSA) is 51.5 Å². The molecular weight excluding hydrogens is 407 g/mol. The zero-order chi connectivity index (χ0) is 19.8. The lowest BCUT2D eigenvalue weighted by Gasteiger charge is -2.10. The highest BCUT2D eigenvalue weighted by molar-refractivity contribution is 7.90. The van der Waals surface area contributed by atoms with E-state index in [4.69, 9.17) is 27.9 Å². The number of ether oxygens (including phenoxy) is 1. The molecule has 0 bridgehead atoms. The predicted octanol–water partition coefficient (Wildman–Crippen LogP) is 4.43. The first kappa shape index (κ1) is 20.0. The van der Waals surface area contributed by atoms with Gasteiger partial charge in [0.05, 0.1) is 21.6 Å². The predicted molar refractivity (Wildman–Crippen MR) is 110 cm³/mol. The van der Waals surface area contributed by atoms with E-state index in [1.54, 1.807) is 30.3 Å². The lowest BCUT2D eigenvalue weighted by atomic mass is 10.2. The molecule has 144 valence electrons. The van der Waals surface area contributed by atoms with Crippen LogP contribution in [-0.2, 0) is 10.0 Å². The van der Waals surface area contributed by atoms with Crippen LogP contribution in [-0.4, -0.2) is 44.5 Å². The number of rotatable bonds is 6. The van der Waals surface area contributed by atoms with Crippen molar-refractivity contribution in [3.05, 3.63) is 58.2 Å². The van der Waals surface area contributed by atoms with Crippen molar-refractivity contribution in [3.8, 4) is 5.75 Å². The number of aryl methyl sites for hydroxylation is 1. The SMILES string of the molecule is Cc1ccc(S(=O)(=O)n2cc(OCCN(C)C)c3cc(Cl)cc(Cl)c32)cc1. The molecule has 0 unspecified atom stereocenters. The van der Waals surface area contributed by atoms with Gasteiger partial charge in [-0.25, -0.2) is 12.4 Å². The summed E-state index contributed by atoms with van der Waals surface area (Å²) in [5, 5.41) is 1.22. The number of hydrogen-bond donors (Lipinski definition) is 0. The Morgan fingerprint density at radius 2 is 1.78 bits per heavy atom. The number of benzene rings is 2. The van der Waals surface area contributed by atoms with E-state index in [1.807, 2.05) is 25.9 Å². The molecule has 0 amide bonds. The van der Waals surface area contributed by atoms with Crippen LogP contribution in [0.25, 0.3) is 10.9 Å². The summed E-state index contributed by atoms with van der Waals surface area (Å²) in [5.41, 5.74) is 1.32. The molecule has 3 aromatic rings. The Labute approximate surface area is 169 Å². The Morgan fingerprint density at radius 1 is 1.11 bits per heavy atom. The third kappa shape index (κ3) is 4.09. The van der Waals surface area contributed by atoms with E-state index >= 15 is 0 Å². The van der Waals surface area contributed by atoms with Crippen LogP contribution in [0, 0.1) is 6.92 Å². The molecule has 5 nitrogen and oxygen atoms in total. The molecule has 2 aromatic carbocycles. The minimum Gasteiger partial charge on any atom is -0.490 e. The molecule has 0 N–H and O–H groups in total. The maximum absolute atomic E-state index is 13.2. The largest absolute Gasteiger partial charge is 0.490 e. The molecule has 0 aliphatic rings. The highest BCUT2D eigenvalue weighted by Gasteiger charge is 2.24. The lowest BCUT2D eigenvalue weighted by molar-refractivity contribution is 0.263. The Balaban J connectivity index is 2.16. The molecule has 0 radical (unpaired) electrons. The fraction of sp³-hybridized carbons (Fsp3) is 0.263. The van der Waals surface area contributed by atoms with E-state index < -0.39 is 10.0 Å². The Morgan fingerprint density at radius 3 is 2.41 bits per heavy atom. The standard InChI is InChI=1S/C19H20Cl2N2O3S/c1-13-4-6-15(7-5-13)27(24,25)23-12-18(26-9-8-22(2)3)16-10-14(20)11-17(21)19(16)23/h4-7,10-12H,8-9H2,1-3H3. The molecule has 0 saturated heterocycles. The second-order valence-corrected chi connectivity index (χ2v) is 9.20. The van der Waals surface area contributed by atoms with Gasteiger partial charge < -0.3 is 9.64 Å². The van der Waals surface area contributed by atoms with E-state index in [1.165, 1.54) is 12.3 Å². The molecular formula is C19H20Cl2N2O3S. The Kier molecular flexibility index (Phi) is 5.72. The molecule has 0 aliphatic heterocycles. The normalized spacial score (nSPS) is 12.1. The van der Waals surface area contributed by atoms with Crippen molar-refractivity contribution >= 4 is 44.1 Å². The fourth-order valence-electron chi connectivity index (χ4n) is 2.68. The van der Waals surface area contributed by atoms with Gasteiger partial charge in [-0.2, -0.15) is 0 Å². The number of nitrogens with zero attached hydrogens (tertiary/aromatic N) is 2. The molecule has 0 atom stereocenters. The average Bonchev–Trinajstić information content (AvgIpc) is 2.94. The summed E-state index contributed by atoms with van der Waals surface area (Å²) in [6.45, 7) is 2.99. The highest BCUT2D eigenvalue weighted by Crippen LogP contribution is 2.37. The Hall–Kier alpha value is -1.73. The van der Waals surface area contributed by atoms with E-state index in [9.17, 15) is 8.42 Å². The maximum Gasteiger partial charge on any atom is 0.268 e. The molecule has 3 rings (SSSR count). The highest BCUT2D eigenvalue weighted by atomic mass is 35.5. The molecule has 0 aliphatic carbocycles. The minimum atomic E-state index is -3.84. The smallest absolute Gasteiger partial charge is 0.268 e. The van der Waals surface area contributed by atoms with Gasteiger partial charge in [0.1, 0.15) is 12.4 Å². The van der Waals surface area contributed by atoms with Crippen LogP contribution in [0.15, 0.2) is 47.5 Å². The van der Waals surface area contributed by atoms with Crippen molar-refractivity contribution in [1.82, 2.24) is 8.87 Å². The summed E-state index contributed by atoms with van der Waals surface area (Å²) in [5.74, 6) is 0.423. The summed E-state index contributed by atoms with van der Waals surface area (Å²) in [6, 6.07) is 9.85.